The standard InChI is InChI=1S/C10H17/c1-7(2)10(8-3-4-8)9-5-6-9/h7-9H,3-6H2,1-2H3. The minimum absolute atomic E-state index is 0.875. The molecule has 0 saturated heterocycles. The SMILES string of the molecule is CC(C)[C](C1CC1)C1CC1. The first kappa shape index (κ1) is 6.69. The van der Waals surface area contributed by atoms with Crippen LogP contribution in [0.3, 0.4) is 0 Å². The third-order valence-corrected chi connectivity index (χ3v) is 2.76. The lowest BCUT2D eigenvalue weighted by Gasteiger charge is -2.18. The third kappa shape index (κ3) is 1.21. The highest BCUT2D eigenvalue weighted by Crippen LogP contribution is 2.53. The summed E-state index contributed by atoms with van der Waals surface area (Å²) in [5.41, 5.74) is 0. The molecule has 0 heteroatoms. The average molecular weight is 137 g/mol. The molecule has 0 aromatic carbocycles. The molecule has 0 aromatic heterocycles. The van der Waals surface area contributed by atoms with Crippen LogP contribution in [0.1, 0.15) is 39.5 Å². The van der Waals surface area contributed by atoms with Crippen molar-refractivity contribution >= 4 is 0 Å². The van der Waals surface area contributed by atoms with Crippen molar-refractivity contribution in [2.45, 2.75) is 39.5 Å². The Balaban J connectivity index is 1.92. The topological polar surface area (TPSA) is 0 Å². The van der Waals surface area contributed by atoms with E-state index in [9.17, 15) is 0 Å². The predicted octanol–water partition coefficient (Wildman–Crippen LogP) is 3.04. The molecule has 1 radical (unpaired) electrons. The highest BCUT2D eigenvalue weighted by molar-refractivity contribution is 5.13. The van der Waals surface area contributed by atoms with Gasteiger partial charge in [-0.25, -0.2) is 0 Å². The molecule has 0 N–H and O–H groups in total. The molecule has 0 atom stereocenters. The van der Waals surface area contributed by atoms with Crippen molar-refractivity contribution in [2.24, 2.45) is 17.8 Å². The van der Waals surface area contributed by atoms with E-state index in [1.807, 2.05) is 5.92 Å². The Kier molecular flexibility index (Phi) is 1.51. The summed E-state index contributed by atoms with van der Waals surface area (Å²) < 4.78 is 0. The van der Waals surface area contributed by atoms with E-state index in [1.54, 1.807) is 0 Å². The molecule has 10 heavy (non-hydrogen) atoms. The zero-order valence-electron chi connectivity index (χ0n) is 7.06. The van der Waals surface area contributed by atoms with Crippen molar-refractivity contribution in [3.05, 3.63) is 5.92 Å². The zero-order valence-corrected chi connectivity index (χ0v) is 7.06. The van der Waals surface area contributed by atoms with Gasteiger partial charge in [-0.3, -0.25) is 0 Å². The molecule has 0 amide bonds. The Morgan fingerprint density at radius 1 is 1.00 bits per heavy atom. The summed E-state index contributed by atoms with van der Waals surface area (Å²) >= 11 is 0. The van der Waals surface area contributed by atoms with Gasteiger partial charge in [0.05, 0.1) is 0 Å². The van der Waals surface area contributed by atoms with Gasteiger partial charge in [0.15, 0.2) is 0 Å². The van der Waals surface area contributed by atoms with Gasteiger partial charge in [0.1, 0.15) is 0 Å². The van der Waals surface area contributed by atoms with Gasteiger partial charge < -0.3 is 0 Å². The monoisotopic (exact) mass is 137 g/mol. The summed E-state index contributed by atoms with van der Waals surface area (Å²) in [7, 11) is 0. The van der Waals surface area contributed by atoms with Crippen LogP contribution in [-0.2, 0) is 0 Å². The molecule has 0 heterocycles. The van der Waals surface area contributed by atoms with Crippen LogP contribution in [0, 0.1) is 23.7 Å². The maximum atomic E-state index is 2.37. The molecule has 2 aliphatic carbocycles. The highest BCUT2D eigenvalue weighted by atomic mass is 14.5. The maximum Gasteiger partial charge on any atom is -0.0154 e. The van der Waals surface area contributed by atoms with Gasteiger partial charge in [0.25, 0.3) is 0 Å². The lowest BCUT2D eigenvalue weighted by molar-refractivity contribution is 0.523. The molecule has 0 unspecified atom stereocenters. The van der Waals surface area contributed by atoms with Crippen molar-refractivity contribution in [3.63, 3.8) is 0 Å². The first-order valence-electron chi connectivity index (χ1n) is 4.65. The van der Waals surface area contributed by atoms with E-state index in [2.05, 4.69) is 13.8 Å². The van der Waals surface area contributed by atoms with Crippen LogP contribution in [0.15, 0.2) is 0 Å². The second-order valence-corrected chi connectivity index (χ2v) is 4.20. The van der Waals surface area contributed by atoms with Gasteiger partial charge >= 0.3 is 0 Å². The summed E-state index contributed by atoms with van der Waals surface area (Å²) in [6.07, 6.45) is 6.02. The highest BCUT2D eigenvalue weighted by Gasteiger charge is 2.42. The fraction of sp³-hybridized carbons (Fsp3) is 0.900. The van der Waals surface area contributed by atoms with Gasteiger partial charge in [0.2, 0.25) is 0 Å². The Morgan fingerprint density at radius 2 is 1.40 bits per heavy atom. The lowest BCUT2D eigenvalue weighted by atomic mass is 9.87. The minimum Gasteiger partial charge on any atom is -0.0622 e. The Hall–Kier alpha value is 0. The summed E-state index contributed by atoms with van der Waals surface area (Å²) in [5.74, 6) is 4.92. The second-order valence-electron chi connectivity index (χ2n) is 4.20. The number of rotatable bonds is 3. The third-order valence-electron chi connectivity index (χ3n) is 2.76. The van der Waals surface area contributed by atoms with Gasteiger partial charge in [0, 0.05) is 0 Å². The van der Waals surface area contributed by atoms with Gasteiger partial charge in [-0.05, 0) is 49.4 Å². The molecule has 57 valence electrons. The summed E-state index contributed by atoms with van der Waals surface area (Å²) in [6.45, 7) is 4.73. The molecule has 0 aromatic rings. The van der Waals surface area contributed by atoms with E-state index < -0.39 is 0 Å². The van der Waals surface area contributed by atoms with Crippen molar-refractivity contribution in [1.29, 1.82) is 0 Å². The van der Waals surface area contributed by atoms with E-state index in [1.165, 1.54) is 25.7 Å². The van der Waals surface area contributed by atoms with Crippen molar-refractivity contribution in [2.75, 3.05) is 0 Å². The Labute approximate surface area is 64.0 Å². The molecule has 0 spiro atoms. The molecule has 2 fully saturated rings. The molecular formula is C10H17. The van der Waals surface area contributed by atoms with E-state index in [-0.39, 0.29) is 0 Å². The summed E-state index contributed by atoms with van der Waals surface area (Å²) in [4.78, 5) is 0. The fourth-order valence-corrected chi connectivity index (χ4v) is 2.11. The Bertz CT molecular complexity index is 103. The quantitative estimate of drug-likeness (QED) is 0.561. The van der Waals surface area contributed by atoms with Crippen LogP contribution in [0.4, 0.5) is 0 Å². The largest absolute Gasteiger partial charge is 0.0622 e. The maximum absolute atomic E-state index is 2.37. The van der Waals surface area contributed by atoms with Crippen LogP contribution >= 0.6 is 0 Å². The molecule has 2 aliphatic rings. The lowest BCUT2D eigenvalue weighted by Crippen LogP contribution is -2.10. The van der Waals surface area contributed by atoms with Crippen LogP contribution in [0.5, 0.6) is 0 Å². The summed E-state index contributed by atoms with van der Waals surface area (Å²) in [6, 6.07) is 0. The molecule has 0 nitrogen and oxygen atoms in total. The van der Waals surface area contributed by atoms with E-state index >= 15 is 0 Å². The number of hydrogen-bond donors (Lipinski definition) is 0. The minimum atomic E-state index is 0.875. The molecule has 2 saturated carbocycles. The number of hydrogen-bond acceptors (Lipinski definition) is 0. The predicted molar refractivity (Wildman–Crippen MR) is 43.5 cm³/mol. The zero-order chi connectivity index (χ0) is 7.14. The smallest absolute Gasteiger partial charge is 0.0154 e. The van der Waals surface area contributed by atoms with Crippen LogP contribution in [0.25, 0.3) is 0 Å². The van der Waals surface area contributed by atoms with Gasteiger partial charge in [-0.15, -0.1) is 0 Å². The summed E-state index contributed by atoms with van der Waals surface area (Å²) in [5, 5.41) is 0. The van der Waals surface area contributed by atoms with Crippen LogP contribution < -0.4 is 0 Å². The second kappa shape index (κ2) is 2.25. The molecule has 0 aliphatic heterocycles. The van der Waals surface area contributed by atoms with Crippen molar-refractivity contribution in [1.82, 2.24) is 0 Å². The van der Waals surface area contributed by atoms with Crippen LogP contribution in [-0.4, -0.2) is 0 Å². The van der Waals surface area contributed by atoms with Crippen molar-refractivity contribution in [3.8, 4) is 0 Å². The molecule has 2 rings (SSSR count). The van der Waals surface area contributed by atoms with Crippen LogP contribution in [0.2, 0.25) is 0 Å². The first-order valence-corrected chi connectivity index (χ1v) is 4.65. The van der Waals surface area contributed by atoms with E-state index in [0.717, 1.165) is 17.8 Å². The first-order chi connectivity index (χ1) is 4.79. The Morgan fingerprint density at radius 3 is 1.60 bits per heavy atom. The van der Waals surface area contributed by atoms with E-state index in [4.69, 9.17) is 0 Å². The normalized spacial score (nSPS) is 26.4. The molecule has 0 bridgehead atoms. The average Bonchev–Trinajstić information content (AvgIpc) is 2.49. The van der Waals surface area contributed by atoms with E-state index in [0.29, 0.717) is 0 Å². The van der Waals surface area contributed by atoms with Gasteiger partial charge in [-0.2, -0.15) is 0 Å². The van der Waals surface area contributed by atoms with Crippen molar-refractivity contribution < 1.29 is 0 Å². The molecular weight excluding hydrogens is 120 g/mol. The van der Waals surface area contributed by atoms with Gasteiger partial charge in [-0.1, -0.05) is 13.8 Å². The fourth-order valence-electron chi connectivity index (χ4n) is 2.11.